The van der Waals surface area contributed by atoms with E-state index in [2.05, 4.69) is 19.5 Å². The molecule has 0 atom stereocenters. The number of benzene rings is 1. The minimum absolute atomic E-state index is 0.00384. The fraction of sp³-hybridized carbons (Fsp3) is 0.391. The van der Waals surface area contributed by atoms with Crippen LogP contribution in [-0.4, -0.2) is 57.6 Å². The van der Waals surface area contributed by atoms with Crippen LogP contribution in [0.4, 0.5) is 0 Å². The number of piperidine rings is 1. The molecule has 10 heteroatoms. The number of carbonyl (C=O) groups excluding carboxylic acids is 1. The summed E-state index contributed by atoms with van der Waals surface area (Å²) in [7, 11) is 3.26. The fourth-order valence-corrected chi connectivity index (χ4v) is 4.25. The first-order chi connectivity index (χ1) is 15.9. The number of hydrogen-bond donors (Lipinski definition) is 2. The molecule has 10 nitrogen and oxygen atoms in total. The summed E-state index contributed by atoms with van der Waals surface area (Å²) < 4.78 is 12.9. The molecule has 1 amide bonds. The van der Waals surface area contributed by atoms with Gasteiger partial charge in [-0.2, -0.15) is 0 Å². The van der Waals surface area contributed by atoms with Gasteiger partial charge < -0.3 is 23.9 Å². The molecule has 1 fully saturated rings. The van der Waals surface area contributed by atoms with Crippen molar-refractivity contribution in [2.75, 3.05) is 27.3 Å². The van der Waals surface area contributed by atoms with Crippen LogP contribution in [0.25, 0.3) is 0 Å². The van der Waals surface area contributed by atoms with E-state index in [9.17, 15) is 14.4 Å². The minimum Gasteiger partial charge on any atom is -0.497 e. The van der Waals surface area contributed by atoms with E-state index in [-0.39, 0.29) is 18.2 Å². The van der Waals surface area contributed by atoms with Gasteiger partial charge in [-0.15, -0.1) is 0 Å². The molecule has 0 saturated carbocycles. The highest BCUT2D eigenvalue weighted by Gasteiger charge is 2.26. The van der Waals surface area contributed by atoms with Crippen molar-refractivity contribution < 1.29 is 14.3 Å². The molecule has 0 radical (unpaired) electrons. The number of hydrogen-bond acceptors (Lipinski definition) is 6. The van der Waals surface area contributed by atoms with E-state index in [1.54, 1.807) is 25.3 Å². The smallest absolute Gasteiger partial charge is 0.325 e. The summed E-state index contributed by atoms with van der Waals surface area (Å²) in [5.41, 5.74) is 0.246. The second-order valence-corrected chi connectivity index (χ2v) is 8.08. The van der Waals surface area contributed by atoms with E-state index in [0.717, 1.165) is 35.7 Å². The molecule has 1 aromatic carbocycles. The number of aromatic amines is 2. The summed E-state index contributed by atoms with van der Waals surface area (Å²) in [4.78, 5) is 46.5. The van der Waals surface area contributed by atoms with Gasteiger partial charge in [-0.05, 0) is 30.5 Å². The highest BCUT2D eigenvalue weighted by molar-refractivity contribution is 5.78. The molecule has 174 valence electrons. The molecule has 2 aromatic heterocycles. The molecule has 0 spiro atoms. The van der Waals surface area contributed by atoms with Crippen molar-refractivity contribution >= 4 is 5.91 Å². The van der Waals surface area contributed by atoms with E-state index >= 15 is 0 Å². The molecule has 1 aliphatic heterocycles. The predicted molar refractivity (Wildman–Crippen MR) is 121 cm³/mol. The summed E-state index contributed by atoms with van der Waals surface area (Å²) in [6, 6.07) is 7.04. The Hall–Kier alpha value is -3.82. The van der Waals surface area contributed by atoms with Gasteiger partial charge in [0.05, 0.1) is 20.6 Å². The van der Waals surface area contributed by atoms with Crippen LogP contribution < -0.4 is 20.7 Å². The lowest BCUT2D eigenvalue weighted by Crippen LogP contribution is -2.39. The Kier molecular flexibility index (Phi) is 6.62. The average molecular weight is 453 g/mol. The normalized spacial score (nSPS) is 14.3. The molecule has 0 bridgehead atoms. The first-order valence-corrected chi connectivity index (χ1v) is 10.8. The van der Waals surface area contributed by atoms with Crippen LogP contribution in [0.15, 0.2) is 46.2 Å². The zero-order chi connectivity index (χ0) is 23.4. The third-order valence-corrected chi connectivity index (χ3v) is 5.88. The number of methoxy groups -OCH3 is 2. The van der Waals surface area contributed by atoms with Gasteiger partial charge >= 0.3 is 5.69 Å². The second-order valence-electron chi connectivity index (χ2n) is 8.08. The second kappa shape index (κ2) is 9.76. The first-order valence-electron chi connectivity index (χ1n) is 10.8. The molecule has 1 aliphatic rings. The number of nitrogens with one attached hydrogen (secondary N) is 2. The van der Waals surface area contributed by atoms with E-state index < -0.39 is 11.2 Å². The number of H-pyrrole nitrogens is 2. The van der Waals surface area contributed by atoms with Crippen molar-refractivity contribution in [3.63, 3.8) is 0 Å². The van der Waals surface area contributed by atoms with Crippen molar-refractivity contribution in [3.8, 4) is 11.5 Å². The molecule has 1 saturated heterocycles. The maximum Gasteiger partial charge on any atom is 0.325 e. The van der Waals surface area contributed by atoms with Gasteiger partial charge in [0.1, 0.15) is 17.3 Å². The summed E-state index contributed by atoms with van der Waals surface area (Å²) in [6.45, 7) is 1.82. The third kappa shape index (κ3) is 5.33. The maximum atomic E-state index is 12.7. The van der Waals surface area contributed by atoms with Crippen molar-refractivity contribution in [1.82, 2.24) is 24.4 Å². The Bertz CT molecular complexity index is 1190. The van der Waals surface area contributed by atoms with Crippen molar-refractivity contribution in [1.29, 1.82) is 0 Å². The quantitative estimate of drug-likeness (QED) is 0.556. The molecule has 33 heavy (non-hydrogen) atoms. The summed E-state index contributed by atoms with van der Waals surface area (Å²) in [5, 5.41) is 0. The largest absolute Gasteiger partial charge is 0.497 e. The number of rotatable bonds is 7. The van der Waals surface area contributed by atoms with Crippen molar-refractivity contribution in [3.05, 3.63) is 74.6 Å². The molecule has 0 unspecified atom stereocenters. The van der Waals surface area contributed by atoms with Gasteiger partial charge in [0.25, 0.3) is 5.56 Å². The van der Waals surface area contributed by atoms with Crippen LogP contribution in [0, 0.1) is 0 Å². The first kappa shape index (κ1) is 22.4. The Balaban J connectivity index is 1.40. The van der Waals surface area contributed by atoms with Crippen LogP contribution in [0.2, 0.25) is 0 Å². The third-order valence-electron chi connectivity index (χ3n) is 5.88. The number of aromatic nitrogens is 4. The molecule has 3 heterocycles. The van der Waals surface area contributed by atoms with Crippen molar-refractivity contribution in [2.24, 2.45) is 0 Å². The highest BCUT2D eigenvalue weighted by atomic mass is 16.5. The lowest BCUT2D eigenvalue weighted by atomic mass is 9.95. The van der Waals surface area contributed by atoms with Gasteiger partial charge in [0.2, 0.25) is 5.91 Å². The summed E-state index contributed by atoms with van der Waals surface area (Å²) in [6.07, 6.45) is 5.33. The zero-order valence-corrected chi connectivity index (χ0v) is 18.7. The Morgan fingerprint density at radius 3 is 2.39 bits per heavy atom. The topological polar surface area (TPSA) is 122 Å². The van der Waals surface area contributed by atoms with E-state index in [0.29, 0.717) is 25.3 Å². The maximum absolute atomic E-state index is 12.7. The van der Waals surface area contributed by atoms with Crippen LogP contribution in [-0.2, 0) is 17.8 Å². The molecule has 3 aromatic rings. The Morgan fingerprint density at radius 2 is 1.76 bits per heavy atom. The zero-order valence-electron chi connectivity index (χ0n) is 18.7. The number of carbonyl (C=O) groups is 1. The SMILES string of the molecule is COc1cc(Cn2ccnc2C2CCN(C(=O)Cc3cc(=O)[nH]c(=O)[nH]3)CC2)cc(OC)c1. The van der Waals surface area contributed by atoms with E-state index in [1.165, 1.54) is 6.07 Å². The number of imidazole rings is 1. The Morgan fingerprint density at radius 1 is 1.06 bits per heavy atom. The summed E-state index contributed by atoms with van der Waals surface area (Å²) >= 11 is 0. The van der Waals surface area contributed by atoms with Crippen LogP contribution in [0.3, 0.4) is 0 Å². The fourth-order valence-electron chi connectivity index (χ4n) is 4.25. The van der Waals surface area contributed by atoms with Gasteiger partial charge in [-0.25, -0.2) is 9.78 Å². The molecular weight excluding hydrogens is 426 g/mol. The van der Waals surface area contributed by atoms with Crippen LogP contribution in [0.1, 0.15) is 35.8 Å². The Labute approximate surface area is 190 Å². The monoisotopic (exact) mass is 453 g/mol. The molecule has 2 N–H and O–H groups in total. The van der Waals surface area contributed by atoms with E-state index in [1.807, 2.05) is 24.4 Å². The molecular formula is C23H27N5O5. The molecule has 0 aliphatic carbocycles. The number of ether oxygens (including phenoxy) is 2. The van der Waals surface area contributed by atoms with Crippen LogP contribution >= 0.6 is 0 Å². The number of amides is 1. The van der Waals surface area contributed by atoms with E-state index in [4.69, 9.17) is 9.47 Å². The lowest BCUT2D eigenvalue weighted by Gasteiger charge is -2.32. The average Bonchev–Trinajstić information content (AvgIpc) is 3.26. The van der Waals surface area contributed by atoms with Crippen LogP contribution in [0.5, 0.6) is 11.5 Å². The van der Waals surface area contributed by atoms with Gasteiger partial charge in [-0.3, -0.25) is 14.6 Å². The molecule has 4 rings (SSSR count). The highest BCUT2D eigenvalue weighted by Crippen LogP contribution is 2.29. The number of nitrogens with zero attached hydrogens (tertiary/aromatic N) is 3. The number of likely N-dealkylation sites (tertiary alicyclic amines) is 1. The lowest BCUT2D eigenvalue weighted by molar-refractivity contribution is -0.131. The van der Waals surface area contributed by atoms with Gasteiger partial charge in [-0.1, -0.05) is 0 Å². The minimum atomic E-state index is -0.607. The predicted octanol–water partition coefficient (Wildman–Crippen LogP) is 1.27. The van der Waals surface area contributed by atoms with Crippen molar-refractivity contribution in [2.45, 2.75) is 31.7 Å². The van der Waals surface area contributed by atoms with Gasteiger partial charge in [0.15, 0.2) is 0 Å². The van der Waals surface area contributed by atoms with Gasteiger partial charge in [0, 0.05) is 55.8 Å². The standard InChI is InChI=1S/C23H27N5O5/c1-32-18-9-15(10-19(13-18)33-2)14-28-8-5-24-22(28)16-3-6-27(7-4-16)21(30)12-17-11-20(29)26-23(31)25-17/h5,8-11,13,16H,3-4,6-7,12,14H2,1-2H3,(H2,25,26,29,31). The summed E-state index contributed by atoms with van der Waals surface area (Å²) in [5.74, 6) is 2.58.